The number of carbonyl (C=O) groups excluding carboxylic acids is 1. The monoisotopic (exact) mass is 290 g/mol. The van der Waals surface area contributed by atoms with Crippen molar-refractivity contribution in [2.75, 3.05) is 0 Å². The van der Waals surface area contributed by atoms with Crippen LogP contribution < -0.4 is 5.73 Å². The van der Waals surface area contributed by atoms with E-state index in [1.165, 1.54) is 6.08 Å². The Hall–Kier alpha value is -3.53. The topological polar surface area (TPSA) is 121 Å². The molecular formula is C15H10N6O. The molecule has 0 aromatic carbocycles. The van der Waals surface area contributed by atoms with E-state index in [-0.39, 0.29) is 0 Å². The van der Waals surface area contributed by atoms with E-state index in [0.29, 0.717) is 28.1 Å². The highest BCUT2D eigenvalue weighted by Crippen LogP contribution is 2.21. The molecule has 0 saturated heterocycles. The van der Waals surface area contributed by atoms with Crippen LogP contribution in [0.5, 0.6) is 0 Å². The van der Waals surface area contributed by atoms with Gasteiger partial charge in [0.05, 0.1) is 11.9 Å². The molecule has 0 unspecified atom stereocenters. The smallest absolute Gasteiger partial charge is 0.241 e. The number of nitrogens with zero attached hydrogens (tertiary/aromatic N) is 4. The summed E-state index contributed by atoms with van der Waals surface area (Å²) in [5, 5.41) is 8.76. The molecule has 3 rings (SSSR count). The predicted octanol–water partition coefficient (Wildman–Crippen LogP) is 1.39. The van der Waals surface area contributed by atoms with Crippen LogP contribution in [0.15, 0.2) is 36.8 Å². The second-order valence-electron chi connectivity index (χ2n) is 4.48. The van der Waals surface area contributed by atoms with Crippen molar-refractivity contribution in [3.05, 3.63) is 48.1 Å². The fourth-order valence-electron chi connectivity index (χ4n) is 1.96. The SMILES string of the molecule is N#Cc1ccc(-c2cnc3[nH]cc(/C=C/C(N)=O)c3n2)cn1. The van der Waals surface area contributed by atoms with Gasteiger partial charge in [-0.05, 0) is 18.2 Å². The molecule has 0 bridgehead atoms. The Morgan fingerprint density at radius 1 is 1.32 bits per heavy atom. The number of aromatic nitrogens is 4. The van der Waals surface area contributed by atoms with Crippen molar-refractivity contribution in [3.63, 3.8) is 0 Å². The minimum atomic E-state index is -0.533. The molecule has 0 saturated carbocycles. The molecule has 7 nitrogen and oxygen atoms in total. The van der Waals surface area contributed by atoms with Gasteiger partial charge in [0.2, 0.25) is 5.91 Å². The second-order valence-corrected chi connectivity index (χ2v) is 4.48. The maximum atomic E-state index is 10.8. The Morgan fingerprint density at radius 3 is 2.86 bits per heavy atom. The lowest BCUT2D eigenvalue weighted by Crippen LogP contribution is -2.05. The van der Waals surface area contributed by atoms with Crippen LogP contribution in [0.2, 0.25) is 0 Å². The van der Waals surface area contributed by atoms with Gasteiger partial charge in [-0.15, -0.1) is 0 Å². The molecule has 0 atom stereocenters. The molecule has 3 aromatic heterocycles. The minimum absolute atomic E-state index is 0.338. The van der Waals surface area contributed by atoms with E-state index in [0.717, 1.165) is 5.56 Å². The van der Waals surface area contributed by atoms with Crippen molar-refractivity contribution in [2.24, 2.45) is 5.73 Å². The van der Waals surface area contributed by atoms with E-state index in [1.54, 1.807) is 36.8 Å². The highest BCUT2D eigenvalue weighted by atomic mass is 16.1. The third-order valence-electron chi connectivity index (χ3n) is 3.01. The Balaban J connectivity index is 2.06. The number of amides is 1. The molecule has 22 heavy (non-hydrogen) atoms. The first-order valence-corrected chi connectivity index (χ1v) is 6.35. The van der Waals surface area contributed by atoms with Gasteiger partial charge in [0.1, 0.15) is 17.3 Å². The fraction of sp³-hybridized carbons (Fsp3) is 0. The van der Waals surface area contributed by atoms with Crippen LogP contribution in [0.4, 0.5) is 0 Å². The first-order valence-electron chi connectivity index (χ1n) is 6.35. The quantitative estimate of drug-likeness (QED) is 0.706. The van der Waals surface area contributed by atoms with Crippen molar-refractivity contribution in [2.45, 2.75) is 0 Å². The molecule has 1 amide bonds. The molecule has 3 heterocycles. The average molecular weight is 290 g/mol. The third kappa shape index (κ3) is 2.53. The van der Waals surface area contributed by atoms with Gasteiger partial charge in [-0.1, -0.05) is 0 Å². The van der Waals surface area contributed by atoms with Crippen LogP contribution in [-0.4, -0.2) is 25.8 Å². The van der Waals surface area contributed by atoms with E-state index >= 15 is 0 Å². The van der Waals surface area contributed by atoms with Gasteiger partial charge in [-0.25, -0.2) is 15.0 Å². The average Bonchev–Trinajstić information content (AvgIpc) is 2.95. The van der Waals surface area contributed by atoms with Gasteiger partial charge in [0.25, 0.3) is 0 Å². The van der Waals surface area contributed by atoms with Crippen LogP contribution in [0, 0.1) is 11.3 Å². The number of fused-ring (bicyclic) bond motifs is 1. The van der Waals surface area contributed by atoms with Crippen molar-refractivity contribution >= 4 is 23.1 Å². The molecule has 0 radical (unpaired) electrons. The lowest BCUT2D eigenvalue weighted by Gasteiger charge is -2.00. The number of rotatable bonds is 3. The lowest BCUT2D eigenvalue weighted by atomic mass is 10.2. The van der Waals surface area contributed by atoms with Gasteiger partial charge < -0.3 is 10.7 Å². The second kappa shape index (κ2) is 5.46. The van der Waals surface area contributed by atoms with Gasteiger partial charge in [0.15, 0.2) is 5.65 Å². The molecule has 0 spiro atoms. The molecule has 0 aliphatic carbocycles. The first kappa shape index (κ1) is 13.5. The number of aromatic amines is 1. The van der Waals surface area contributed by atoms with Crippen molar-refractivity contribution < 1.29 is 4.79 Å². The van der Waals surface area contributed by atoms with E-state index in [1.807, 2.05) is 6.07 Å². The molecule has 106 valence electrons. The first-order chi connectivity index (χ1) is 10.7. The minimum Gasteiger partial charge on any atom is -0.366 e. The largest absolute Gasteiger partial charge is 0.366 e. The number of nitriles is 1. The highest BCUT2D eigenvalue weighted by molar-refractivity contribution is 5.93. The summed E-state index contributed by atoms with van der Waals surface area (Å²) >= 11 is 0. The maximum Gasteiger partial charge on any atom is 0.241 e. The summed E-state index contributed by atoms with van der Waals surface area (Å²) in [7, 11) is 0. The van der Waals surface area contributed by atoms with Crippen LogP contribution in [-0.2, 0) is 4.79 Å². The molecule has 3 N–H and O–H groups in total. The van der Waals surface area contributed by atoms with Crippen LogP contribution in [0.25, 0.3) is 28.5 Å². The van der Waals surface area contributed by atoms with E-state index < -0.39 is 5.91 Å². The standard InChI is InChI=1S/C15H10N6O/c16-5-11-3-1-9(6-18-11)12-8-20-15-14(21-12)10(7-19-15)2-4-13(17)22/h1-4,6-8H,(H2,17,22)(H,19,20)/b4-2+. The molecule has 3 aromatic rings. The van der Waals surface area contributed by atoms with Gasteiger partial charge in [-0.2, -0.15) is 5.26 Å². The van der Waals surface area contributed by atoms with Gasteiger partial charge in [-0.3, -0.25) is 4.79 Å². The number of carbonyl (C=O) groups is 1. The summed E-state index contributed by atoms with van der Waals surface area (Å²) in [6.45, 7) is 0. The van der Waals surface area contributed by atoms with Crippen LogP contribution >= 0.6 is 0 Å². The summed E-state index contributed by atoms with van der Waals surface area (Å²) in [4.78, 5) is 26.6. The highest BCUT2D eigenvalue weighted by Gasteiger charge is 2.08. The molecule has 0 aliphatic rings. The summed E-state index contributed by atoms with van der Waals surface area (Å²) < 4.78 is 0. The normalized spacial score (nSPS) is 10.9. The number of nitrogens with two attached hydrogens (primary N) is 1. The van der Waals surface area contributed by atoms with Crippen LogP contribution in [0.3, 0.4) is 0 Å². The number of nitrogens with one attached hydrogen (secondary N) is 1. The number of primary amides is 1. The zero-order valence-electron chi connectivity index (χ0n) is 11.3. The van der Waals surface area contributed by atoms with Gasteiger partial charge in [0, 0.05) is 29.6 Å². The molecule has 0 fully saturated rings. The van der Waals surface area contributed by atoms with Crippen molar-refractivity contribution in [1.82, 2.24) is 19.9 Å². The van der Waals surface area contributed by atoms with Crippen molar-refractivity contribution in [3.8, 4) is 17.3 Å². The summed E-state index contributed by atoms with van der Waals surface area (Å²) in [6.07, 6.45) is 7.73. The fourth-order valence-corrected chi connectivity index (χ4v) is 1.96. The van der Waals surface area contributed by atoms with Gasteiger partial charge >= 0.3 is 0 Å². The number of pyridine rings is 1. The van der Waals surface area contributed by atoms with E-state index in [9.17, 15) is 4.79 Å². The third-order valence-corrected chi connectivity index (χ3v) is 3.01. The van der Waals surface area contributed by atoms with E-state index in [4.69, 9.17) is 11.0 Å². The number of hydrogen-bond acceptors (Lipinski definition) is 5. The summed E-state index contributed by atoms with van der Waals surface area (Å²) in [5.74, 6) is -0.533. The molecule has 7 heteroatoms. The molecular weight excluding hydrogens is 280 g/mol. The summed E-state index contributed by atoms with van der Waals surface area (Å²) in [6, 6.07) is 5.34. The Kier molecular flexibility index (Phi) is 3.34. The Labute approximate surface area is 125 Å². The predicted molar refractivity (Wildman–Crippen MR) is 80.1 cm³/mol. The zero-order chi connectivity index (χ0) is 15.5. The molecule has 0 aliphatic heterocycles. The number of H-pyrrole nitrogens is 1. The Bertz CT molecular complexity index is 917. The lowest BCUT2D eigenvalue weighted by molar-refractivity contribution is -0.113. The Morgan fingerprint density at radius 2 is 2.18 bits per heavy atom. The zero-order valence-corrected chi connectivity index (χ0v) is 11.3. The van der Waals surface area contributed by atoms with Crippen molar-refractivity contribution in [1.29, 1.82) is 5.26 Å². The van der Waals surface area contributed by atoms with Crippen LogP contribution in [0.1, 0.15) is 11.3 Å². The van der Waals surface area contributed by atoms with E-state index in [2.05, 4.69) is 19.9 Å². The maximum absolute atomic E-state index is 10.8. The summed E-state index contributed by atoms with van der Waals surface area (Å²) in [5.41, 5.74) is 8.75. The number of hydrogen-bond donors (Lipinski definition) is 2.